The van der Waals surface area contributed by atoms with Crippen LogP contribution in [0.5, 0.6) is 5.75 Å². The van der Waals surface area contributed by atoms with Gasteiger partial charge in [0.2, 0.25) is 0 Å². The third-order valence-corrected chi connectivity index (χ3v) is 2.39. The molecule has 0 aliphatic heterocycles. The minimum Gasteiger partial charge on any atom is -0.496 e. The molecule has 2 aromatic rings. The number of aryl methyl sites for hydroxylation is 3. The molecular formula is C11H13NO2. The van der Waals surface area contributed by atoms with Gasteiger partial charge in [0.05, 0.1) is 7.11 Å². The molecule has 0 bridgehead atoms. The molecule has 3 nitrogen and oxygen atoms in total. The number of hydrogen-bond acceptors (Lipinski definition) is 3. The van der Waals surface area contributed by atoms with Gasteiger partial charge in [-0.25, -0.2) is 4.98 Å². The van der Waals surface area contributed by atoms with Gasteiger partial charge < -0.3 is 9.15 Å². The van der Waals surface area contributed by atoms with Gasteiger partial charge in [0.25, 0.3) is 0 Å². The van der Waals surface area contributed by atoms with E-state index >= 15 is 0 Å². The Balaban J connectivity index is 2.86. The van der Waals surface area contributed by atoms with Gasteiger partial charge in [0.15, 0.2) is 11.5 Å². The summed E-state index contributed by atoms with van der Waals surface area (Å²) in [5, 5.41) is 0. The van der Waals surface area contributed by atoms with E-state index in [9.17, 15) is 0 Å². The van der Waals surface area contributed by atoms with Crippen molar-refractivity contribution in [2.45, 2.75) is 20.8 Å². The lowest BCUT2D eigenvalue weighted by Crippen LogP contribution is -1.89. The molecular weight excluding hydrogens is 178 g/mol. The molecule has 0 aliphatic rings. The Bertz CT molecular complexity index is 485. The Labute approximate surface area is 82.7 Å². The third kappa shape index (κ3) is 1.16. The molecule has 0 spiro atoms. The molecule has 0 unspecified atom stereocenters. The summed E-state index contributed by atoms with van der Waals surface area (Å²) < 4.78 is 10.8. The second kappa shape index (κ2) is 3.01. The van der Waals surface area contributed by atoms with Gasteiger partial charge in [-0.1, -0.05) is 0 Å². The van der Waals surface area contributed by atoms with E-state index in [2.05, 4.69) is 4.98 Å². The van der Waals surface area contributed by atoms with Gasteiger partial charge in [0, 0.05) is 12.5 Å². The van der Waals surface area contributed by atoms with Gasteiger partial charge in [0.1, 0.15) is 11.3 Å². The number of benzene rings is 1. The van der Waals surface area contributed by atoms with Gasteiger partial charge in [-0.2, -0.15) is 0 Å². The normalized spacial score (nSPS) is 10.9. The van der Waals surface area contributed by atoms with Gasteiger partial charge >= 0.3 is 0 Å². The molecule has 3 heteroatoms. The van der Waals surface area contributed by atoms with Crippen molar-refractivity contribution < 1.29 is 9.15 Å². The molecule has 1 heterocycles. The van der Waals surface area contributed by atoms with E-state index in [0.717, 1.165) is 28.0 Å². The van der Waals surface area contributed by atoms with Crippen molar-refractivity contribution in [2.24, 2.45) is 0 Å². The van der Waals surface area contributed by atoms with Crippen molar-refractivity contribution in [3.05, 3.63) is 23.1 Å². The summed E-state index contributed by atoms with van der Waals surface area (Å²) in [4.78, 5) is 4.33. The van der Waals surface area contributed by atoms with Crippen LogP contribution >= 0.6 is 0 Å². The van der Waals surface area contributed by atoms with Crippen LogP contribution in [0.25, 0.3) is 11.1 Å². The molecule has 2 rings (SSSR count). The van der Waals surface area contributed by atoms with E-state index in [1.54, 1.807) is 7.11 Å². The molecule has 0 fully saturated rings. The van der Waals surface area contributed by atoms with Crippen LogP contribution in [0.4, 0.5) is 0 Å². The standard InChI is InChI=1S/C11H13NO2/c1-6-5-9(13-4)7(2)11-10(6)12-8(3)14-11/h5H,1-4H3. The topological polar surface area (TPSA) is 35.3 Å². The monoisotopic (exact) mass is 191 g/mol. The minimum absolute atomic E-state index is 0.694. The zero-order valence-corrected chi connectivity index (χ0v) is 8.84. The van der Waals surface area contributed by atoms with Gasteiger partial charge in [-0.05, 0) is 25.5 Å². The number of methoxy groups -OCH3 is 1. The van der Waals surface area contributed by atoms with E-state index in [4.69, 9.17) is 9.15 Å². The second-order valence-corrected chi connectivity index (χ2v) is 3.43. The Morgan fingerprint density at radius 3 is 2.64 bits per heavy atom. The van der Waals surface area contributed by atoms with Crippen LogP contribution in [0.3, 0.4) is 0 Å². The lowest BCUT2D eigenvalue weighted by Gasteiger charge is -2.05. The average Bonchev–Trinajstić information content (AvgIpc) is 2.54. The number of ether oxygens (including phenoxy) is 1. The van der Waals surface area contributed by atoms with E-state index in [-0.39, 0.29) is 0 Å². The molecule has 0 atom stereocenters. The lowest BCUT2D eigenvalue weighted by molar-refractivity contribution is 0.411. The molecule has 1 aromatic heterocycles. The van der Waals surface area contributed by atoms with Crippen LogP contribution in [0.15, 0.2) is 10.5 Å². The SMILES string of the molecule is COc1cc(C)c2nc(C)oc2c1C. The Morgan fingerprint density at radius 1 is 1.29 bits per heavy atom. The van der Waals surface area contributed by atoms with Crippen LogP contribution in [0.1, 0.15) is 17.0 Å². The smallest absolute Gasteiger partial charge is 0.192 e. The highest BCUT2D eigenvalue weighted by Gasteiger charge is 2.12. The maximum absolute atomic E-state index is 5.53. The summed E-state index contributed by atoms with van der Waals surface area (Å²) in [5.41, 5.74) is 3.85. The first-order valence-corrected chi connectivity index (χ1v) is 4.55. The fourth-order valence-corrected chi connectivity index (χ4v) is 1.65. The molecule has 0 amide bonds. The van der Waals surface area contributed by atoms with Crippen molar-refractivity contribution >= 4 is 11.1 Å². The lowest BCUT2D eigenvalue weighted by atomic mass is 10.1. The molecule has 1 aromatic carbocycles. The maximum Gasteiger partial charge on any atom is 0.192 e. The zero-order valence-electron chi connectivity index (χ0n) is 8.84. The highest BCUT2D eigenvalue weighted by molar-refractivity contribution is 5.82. The zero-order chi connectivity index (χ0) is 10.3. The molecule has 0 saturated heterocycles. The summed E-state index contributed by atoms with van der Waals surface area (Å²) in [6.45, 7) is 5.84. The number of hydrogen-bond donors (Lipinski definition) is 0. The number of oxazole rings is 1. The predicted molar refractivity (Wildman–Crippen MR) is 54.8 cm³/mol. The number of aromatic nitrogens is 1. The van der Waals surface area contributed by atoms with Crippen molar-refractivity contribution in [1.82, 2.24) is 4.98 Å². The summed E-state index contributed by atoms with van der Waals surface area (Å²) in [5.74, 6) is 1.55. The minimum atomic E-state index is 0.694. The van der Waals surface area contributed by atoms with Crippen molar-refractivity contribution in [3.8, 4) is 5.75 Å². The number of nitrogens with zero attached hydrogens (tertiary/aromatic N) is 1. The third-order valence-electron chi connectivity index (χ3n) is 2.39. The Hall–Kier alpha value is -1.51. The first-order valence-electron chi connectivity index (χ1n) is 4.55. The highest BCUT2D eigenvalue weighted by atomic mass is 16.5. The quantitative estimate of drug-likeness (QED) is 0.695. The summed E-state index contributed by atoms with van der Waals surface area (Å²) in [7, 11) is 1.66. The van der Waals surface area contributed by atoms with Crippen LogP contribution in [-0.2, 0) is 0 Å². The predicted octanol–water partition coefficient (Wildman–Crippen LogP) is 2.76. The summed E-state index contributed by atoms with van der Waals surface area (Å²) >= 11 is 0. The van der Waals surface area contributed by atoms with Gasteiger partial charge in [-0.3, -0.25) is 0 Å². The maximum atomic E-state index is 5.53. The van der Waals surface area contributed by atoms with Crippen molar-refractivity contribution in [1.29, 1.82) is 0 Å². The molecule has 0 aliphatic carbocycles. The van der Waals surface area contributed by atoms with E-state index in [0.29, 0.717) is 5.89 Å². The molecule has 14 heavy (non-hydrogen) atoms. The van der Waals surface area contributed by atoms with E-state index in [1.165, 1.54) is 0 Å². The van der Waals surface area contributed by atoms with Crippen molar-refractivity contribution in [2.75, 3.05) is 7.11 Å². The van der Waals surface area contributed by atoms with E-state index in [1.807, 2.05) is 26.8 Å². The fourth-order valence-electron chi connectivity index (χ4n) is 1.65. The second-order valence-electron chi connectivity index (χ2n) is 3.43. The highest BCUT2D eigenvalue weighted by Crippen LogP contribution is 2.30. The summed E-state index contributed by atoms with van der Waals surface area (Å²) in [6.07, 6.45) is 0. The summed E-state index contributed by atoms with van der Waals surface area (Å²) in [6, 6.07) is 1.99. The van der Waals surface area contributed by atoms with Crippen LogP contribution in [0, 0.1) is 20.8 Å². The molecule has 0 saturated carbocycles. The Morgan fingerprint density at radius 2 is 2.00 bits per heavy atom. The largest absolute Gasteiger partial charge is 0.496 e. The van der Waals surface area contributed by atoms with Crippen LogP contribution in [0.2, 0.25) is 0 Å². The number of rotatable bonds is 1. The first-order chi connectivity index (χ1) is 6.63. The van der Waals surface area contributed by atoms with Crippen LogP contribution in [-0.4, -0.2) is 12.1 Å². The van der Waals surface area contributed by atoms with Gasteiger partial charge in [-0.15, -0.1) is 0 Å². The molecule has 0 radical (unpaired) electrons. The number of fused-ring (bicyclic) bond motifs is 1. The van der Waals surface area contributed by atoms with Crippen molar-refractivity contribution in [3.63, 3.8) is 0 Å². The average molecular weight is 191 g/mol. The molecule has 74 valence electrons. The molecule has 0 N–H and O–H groups in total. The first kappa shape index (κ1) is 9.06. The Kier molecular flexibility index (Phi) is 1.95. The van der Waals surface area contributed by atoms with Crippen LogP contribution < -0.4 is 4.74 Å². The van der Waals surface area contributed by atoms with E-state index < -0.39 is 0 Å². The fraction of sp³-hybridized carbons (Fsp3) is 0.364.